The van der Waals surface area contributed by atoms with Gasteiger partial charge in [0.1, 0.15) is 5.75 Å². The van der Waals surface area contributed by atoms with Crippen LogP contribution in [0.1, 0.15) is 31.0 Å². The minimum absolute atomic E-state index is 0.501. The van der Waals surface area contributed by atoms with Gasteiger partial charge in [0.2, 0.25) is 0 Å². The quantitative estimate of drug-likeness (QED) is 0.402. The van der Waals surface area contributed by atoms with Crippen molar-refractivity contribution in [3.8, 4) is 28.1 Å². The van der Waals surface area contributed by atoms with Crippen molar-refractivity contribution in [2.24, 2.45) is 5.73 Å². The van der Waals surface area contributed by atoms with Crippen molar-refractivity contribution in [1.82, 2.24) is 19.6 Å². The highest BCUT2D eigenvalue weighted by Gasteiger charge is 2.49. The summed E-state index contributed by atoms with van der Waals surface area (Å²) in [6.07, 6.45) is 2.94. The summed E-state index contributed by atoms with van der Waals surface area (Å²) in [5.74, 6) is 0.780. The summed E-state index contributed by atoms with van der Waals surface area (Å²) in [6, 6.07) is 20.2. The Morgan fingerprint density at radius 2 is 1.80 bits per heavy atom. The SMILES string of the molecule is COc1cccc(-c2cc3cnc4cc(C)nn4c3nc2-c2ccc(C3(N)CC(C)(O)C3)cc2)c1. The van der Waals surface area contributed by atoms with E-state index < -0.39 is 11.1 Å². The number of nitrogens with two attached hydrogens (primary N) is 1. The Morgan fingerprint density at radius 3 is 2.51 bits per heavy atom. The number of aromatic nitrogens is 4. The zero-order chi connectivity index (χ0) is 24.4. The maximum atomic E-state index is 10.2. The van der Waals surface area contributed by atoms with E-state index in [-0.39, 0.29) is 0 Å². The lowest BCUT2D eigenvalue weighted by Crippen LogP contribution is -2.58. The number of ether oxygens (including phenoxy) is 1. The van der Waals surface area contributed by atoms with Gasteiger partial charge in [0.25, 0.3) is 0 Å². The van der Waals surface area contributed by atoms with Crippen molar-refractivity contribution in [2.75, 3.05) is 7.11 Å². The topological polar surface area (TPSA) is 98.6 Å². The Kier molecular flexibility index (Phi) is 4.71. The summed E-state index contributed by atoms with van der Waals surface area (Å²) in [5, 5.41) is 15.7. The van der Waals surface area contributed by atoms with Gasteiger partial charge in [-0.1, -0.05) is 36.4 Å². The van der Waals surface area contributed by atoms with Gasteiger partial charge in [-0.15, -0.1) is 0 Å². The number of aryl methyl sites for hydroxylation is 1. The summed E-state index contributed by atoms with van der Waals surface area (Å²) in [7, 11) is 1.67. The highest BCUT2D eigenvalue weighted by atomic mass is 16.5. The minimum atomic E-state index is -0.700. The van der Waals surface area contributed by atoms with E-state index in [2.05, 4.69) is 34.3 Å². The fraction of sp³-hybridized carbons (Fsp3) is 0.250. The van der Waals surface area contributed by atoms with Crippen LogP contribution in [-0.4, -0.2) is 37.4 Å². The lowest BCUT2D eigenvalue weighted by molar-refractivity contribution is -0.0738. The van der Waals surface area contributed by atoms with Crippen LogP contribution in [0.25, 0.3) is 39.1 Å². The van der Waals surface area contributed by atoms with E-state index in [4.69, 9.17) is 15.5 Å². The molecule has 1 saturated carbocycles. The molecular weight excluding hydrogens is 438 g/mol. The number of rotatable bonds is 4. The number of fused-ring (bicyclic) bond motifs is 3. The number of methoxy groups -OCH3 is 1. The first-order valence-electron chi connectivity index (χ1n) is 11.7. The molecule has 1 aliphatic carbocycles. The summed E-state index contributed by atoms with van der Waals surface area (Å²) in [5.41, 5.74) is 12.6. The molecule has 0 atom stereocenters. The van der Waals surface area contributed by atoms with E-state index in [1.54, 1.807) is 11.6 Å². The van der Waals surface area contributed by atoms with Gasteiger partial charge in [0, 0.05) is 34.3 Å². The van der Waals surface area contributed by atoms with Crippen molar-refractivity contribution in [3.63, 3.8) is 0 Å². The lowest BCUT2D eigenvalue weighted by atomic mass is 9.63. The van der Waals surface area contributed by atoms with Crippen LogP contribution < -0.4 is 10.5 Å². The van der Waals surface area contributed by atoms with Crippen molar-refractivity contribution in [2.45, 2.75) is 37.8 Å². The minimum Gasteiger partial charge on any atom is -0.497 e. The van der Waals surface area contributed by atoms with E-state index >= 15 is 0 Å². The predicted molar refractivity (Wildman–Crippen MR) is 136 cm³/mol. The summed E-state index contributed by atoms with van der Waals surface area (Å²) >= 11 is 0. The number of pyridine rings is 1. The third kappa shape index (κ3) is 3.64. The van der Waals surface area contributed by atoms with E-state index in [1.807, 2.05) is 56.4 Å². The Balaban J connectivity index is 1.54. The molecule has 0 bridgehead atoms. The molecule has 1 fully saturated rings. The van der Waals surface area contributed by atoms with Crippen LogP contribution in [0.4, 0.5) is 0 Å². The first kappa shape index (κ1) is 21.7. The van der Waals surface area contributed by atoms with Crippen molar-refractivity contribution in [3.05, 3.63) is 78.1 Å². The van der Waals surface area contributed by atoms with E-state index in [0.29, 0.717) is 12.8 Å². The molecule has 7 nitrogen and oxygen atoms in total. The second-order valence-corrected chi connectivity index (χ2v) is 9.93. The van der Waals surface area contributed by atoms with Gasteiger partial charge < -0.3 is 15.6 Å². The molecular formula is C28H27N5O2. The fourth-order valence-electron chi connectivity index (χ4n) is 5.36. The van der Waals surface area contributed by atoms with Crippen molar-refractivity contribution in [1.29, 1.82) is 0 Å². The van der Waals surface area contributed by atoms with Gasteiger partial charge in [-0.05, 0) is 56.0 Å². The van der Waals surface area contributed by atoms with Crippen LogP contribution in [0.2, 0.25) is 0 Å². The Bertz CT molecular complexity index is 1580. The van der Waals surface area contributed by atoms with Gasteiger partial charge in [-0.2, -0.15) is 9.61 Å². The average molecular weight is 466 g/mol. The highest BCUT2D eigenvalue weighted by Crippen LogP contribution is 2.46. The molecule has 1 aliphatic rings. The summed E-state index contributed by atoms with van der Waals surface area (Å²) in [6.45, 7) is 3.78. The van der Waals surface area contributed by atoms with Crippen molar-refractivity contribution < 1.29 is 9.84 Å². The first-order valence-corrected chi connectivity index (χ1v) is 11.7. The standard InChI is InChI=1S/C28H27N5O2/c1-17-11-24-30-14-20-13-23(19-5-4-6-22(12-19)35-3)25(31-26(20)33(24)32-17)18-7-9-21(10-8-18)28(29)15-27(2,34)16-28/h4-14,34H,15-16,29H2,1-3H3. The highest BCUT2D eigenvalue weighted by molar-refractivity contribution is 5.91. The van der Waals surface area contributed by atoms with Gasteiger partial charge in [0.15, 0.2) is 11.3 Å². The van der Waals surface area contributed by atoms with Crippen LogP contribution in [-0.2, 0) is 5.54 Å². The van der Waals surface area contributed by atoms with E-state index in [1.165, 1.54) is 0 Å². The Morgan fingerprint density at radius 1 is 1.03 bits per heavy atom. The maximum absolute atomic E-state index is 10.2. The molecule has 5 aromatic rings. The van der Waals surface area contributed by atoms with Gasteiger partial charge in [0.05, 0.1) is 24.1 Å². The molecule has 7 heteroatoms. The average Bonchev–Trinajstić information content (AvgIpc) is 3.23. The van der Waals surface area contributed by atoms with Gasteiger partial charge >= 0.3 is 0 Å². The predicted octanol–water partition coefficient (Wildman–Crippen LogP) is 4.63. The summed E-state index contributed by atoms with van der Waals surface area (Å²) in [4.78, 5) is 9.68. The molecule has 0 radical (unpaired) electrons. The zero-order valence-electron chi connectivity index (χ0n) is 20.0. The molecule has 3 heterocycles. The largest absolute Gasteiger partial charge is 0.497 e. The molecule has 0 saturated heterocycles. The van der Waals surface area contributed by atoms with Crippen LogP contribution in [0.15, 0.2) is 66.9 Å². The van der Waals surface area contributed by atoms with Gasteiger partial charge in [-0.3, -0.25) is 0 Å². The second kappa shape index (κ2) is 7.60. The molecule has 0 aliphatic heterocycles. The Labute approximate surface area is 203 Å². The molecule has 6 rings (SSSR count). The number of nitrogens with zero attached hydrogens (tertiary/aromatic N) is 4. The zero-order valence-corrected chi connectivity index (χ0v) is 20.0. The molecule has 3 aromatic heterocycles. The third-order valence-electron chi connectivity index (χ3n) is 6.89. The maximum Gasteiger partial charge on any atom is 0.165 e. The Hall–Kier alpha value is -3.81. The molecule has 0 amide bonds. The monoisotopic (exact) mass is 465 g/mol. The van der Waals surface area contributed by atoms with Gasteiger partial charge in [-0.25, -0.2) is 9.97 Å². The smallest absolute Gasteiger partial charge is 0.165 e. The van der Waals surface area contributed by atoms with Crippen LogP contribution >= 0.6 is 0 Å². The molecule has 0 spiro atoms. The molecule has 2 aromatic carbocycles. The lowest BCUT2D eigenvalue weighted by Gasteiger charge is -2.49. The summed E-state index contributed by atoms with van der Waals surface area (Å²) < 4.78 is 7.27. The number of hydrogen-bond donors (Lipinski definition) is 2. The normalized spacial score (nSPS) is 21.9. The fourth-order valence-corrected chi connectivity index (χ4v) is 5.36. The van der Waals surface area contributed by atoms with Crippen LogP contribution in [0.3, 0.4) is 0 Å². The van der Waals surface area contributed by atoms with Crippen LogP contribution in [0, 0.1) is 6.92 Å². The van der Waals surface area contributed by atoms with Crippen molar-refractivity contribution >= 4 is 16.7 Å². The van der Waals surface area contributed by atoms with Crippen LogP contribution in [0.5, 0.6) is 5.75 Å². The van der Waals surface area contributed by atoms with E-state index in [9.17, 15) is 5.11 Å². The number of aliphatic hydroxyl groups is 1. The molecule has 176 valence electrons. The number of benzene rings is 2. The third-order valence-corrected chi connectivity index (χ3v) is 6.89. The second-order valence-electron chi connectivity index (χ2n) is 9.93. The number of hydrogen-bond acceptors (Lipinski definition) is 6. The molecule has 35 heavy (non-hydrogen) atoms. The first-order chi connectivity index (χ1) is 16.7. The molecule has 3 N–H and O–H groups in total. The van der Waals surface area contributed by atoms with E-state index in [0.717, 1.165) is 56.1 Å². The molecule has 0 unspecified atom stereocenters.